The summed E-state index contributed by atoms with van der Waals surface area (Å²) in [5, 5.41) is 0. The van der Waals surface area contributed by atoms with Gasteiger partial charge < -0.3 is 9.47 Å². The van der Waals surface area contributed by atoms with Crippen molar-refractivity contribution in [3.8, 4) is 17.0 Å². The van der Waals surface area contributed by atoms with Crippen molar-refractivity contribution < 1.29 is 14.3 Å². The highest BCUT2D eigenvalue weighted by Crippen LogP contribution is 2.28. The van der Waals surface area contributed by atoms with Crippen LogP contribution in [0.5, 0.6) is 5.88 Å². The third-order valence-electron chi connectivity index (χ3n) is 2.62. The lowest BCUT2D eigenvalue weighted by molar-refractivity contribution is 0.0593. The number of hydrogen-bond acceptors (Lipinski definition) is 4. The molecule has 0 fully saturated rings. The number of nitrogens with zero attached hydrogens (tertiary/aromatic N) is 1. The Bertz CT molecular complexity index is 567. The number of carbonyl (C=O) groups is 1. The molecule has 0 aliphatic carbocycles. The van der Waals surface area contributed by atoms with Gasteiger partial charge in [0.2, 0.25) is 5.88 Å². The second-order valence-corrected chi connectivity index (χ2v) is 3.84. The topological polar surface area (TPSA) is 48.4 Å². The standard InChI is InChI=1S/C15H15NO3/c1-3-19-14-12(11-7-5-4-6-8-11)9-10-13(16-14)15(17)18-2/h4-10H,3H2,1-2H3. The van der Waals surface area contributed by atoms with Crippen LogP contribution in [0.25, 0.3) is 11.1 Å². The van der Waals surface area contributed by atoms with E-state index in [0.717, 1.165) is 11.1 Å². The molecule has 0 bridgehead atoms. The number of aromatic nitrogens is 1. The highest BCUT2D eigenvalue weighted by atomic mass is 16.5. The lowest BCUT2D eigenvalue weighted by Gasteiger charge is -2.10. The molecule has 4 nitrogen and oxygen atoms in total. The van der Waals surface area contributed by atoms with Gasteiger partial charge in [-0.3, -0.25) is 0 Å². The van der Waals surface area contributed by atoms with Crippen LogP contribution >= 0.6 is 0 Å². The van der Waals surface area contributed by atoms with Crippen LogP contribution in [0.4, 0.5) is 0 Å². The Balaban J connectivity index is 2.47. The van der Waals surface area contributed by atoms with Gasteiger partial charge >= 0.3 is 5.97 Å². The average molecular weight is 257 g/mol. The zero-order chi connectivity index (χ0) is 13.7. The Kier molecular flexibility index (Phi) is 4.13. The molecular formula is C15H15NO3. The van der Waals surface area contributed by atoms with Gasteiger partial charge in [0.25, 0.3) is 0 Å². The molecule has 1 aromatic carbocycles. The summed E-state index contributed by atoms with van der Waals surface area (Å²) in [5.41, 5.74) is 2.09. The fourth-order valence-corrected chi connectivity index (χ4v) is 1.74. The molecule has 0 N–H and O–H groups in total. The summed E-state index contributed by atoms with van der Waals surface area (Å²) >= 11 is 0. The van der Waals surface area contributed by atoms with Gasteiger partial charge in [0.1, 0.15) is 0 Å². The molecule has 1 heterocycles. The number of benzene rings is 1. The fraction of sp³-hybridized carbons (Fsp3) is 0.200. The maximum Gasteiger partial charge on any atom is 0.356 e. The van der Waals surface area contributed by atoms with Gasteiger partial charge in [0, 0.05) is 5.56 Å². The monoisotopic (exact) mass is 257 g/mol. The van der Waals surface area contributed by atoms with Crippen LogP contribution in [0.1, 0.15) is 17.4 Å². The number of rotatable bonds is 4. The van der Waals surface area contributed by atoms with Gasteiger partial charge in [0.05, 0.1) is 13.7 Å². The van der Waals surface area contributed by atoms with E-state index in [0.29, 0.717) is 12.5 Å². The minimum absolute atomic E-state index is 0.241. The molecule has 0 spiro atoms. The molecule has 0 atom stereocenters. The Morgan fingerprint density at radius 2 is 1.89 bits per heavy atom. The largest absolute Gasteiger partial charge is 0.478 e. The van der Waals surface area contributed by atoms with Gasteiger partial charge in [-0.15, -0.1) is 0 Å². The molecule has 19 heavy (non-hydrogen) atoms. The van der Waals surface area contributed by atoms with Crippen molar-refractivity contribution in [3.05, 3.63) is 48.2 Å². The molecule has 0 amide bonds. The van der Waals surface area contributed by atoms with Gasteiger partial charge in [-0.05, 0) is 24.6 Å². The van der Waals surface area contributed by atoms with E-state index in [4.69, 9.17) is 4.74 Å². The summed E-state index contributed by atoms with van der Waals surface area (Å²) in [6, 6.07) is 13.2. The van der Waals surface area contributed by atoms with E-state index in [9.17, 15) is 4.79 Å². The van der Waals surface area contributed by atoms with Crippen molar-refractivity contribution in [1.29, 1.82) is 0 Å². The average Bonchev–Trinajstić information content (AvgIpc) is 2.47. The first-order valence-electron chi connectivity index (χ1n) is 6.03. The lowest BCUT2D eigenvalue weighted by atomic mass is 10.1. The first-order chi connectivity index (χ1) is 9.26. The molecule has 0 saturated heterocycles. The maximum atomic E-state index is 11.5. The SMILES string of the molecule is CCOc1nc(C(=O)OC)ccc1-c1ccccc1. The summed E-state index contributed by atoms with van der Waals surface area (Å²) in [6.45, 7) is 2.36. The first-order valence-corrected chi connectivity index (χ1v) is 6.03. The summed E-state index contributed by atoms with van der Waals surface area (Å²) in [7, 11) is 1.33. The molecule has 1 aromatic heterocycles. The zero-order valence-corrected chi connectivity index (χ0v) is 10.9. The lowest BCUT2D eigenvalue weighted by Crippen LogP contribution is -2.06. The molecule has 0 aliphatic rings. The van der Waals surface area contributed by atoms with Crippen molar-refractivity contribution in [2.75, 3.05) is 13.7 Å². The van der Waals surface area contributed by atoms with E-state index >= 15 is 0 Å². The van der Waals surface area contributed by atoms with Crippen LogP contribution in [0.15, 0.2) is 42.5 Å². The van der Waals surface area contributed by atoms with Crippen LogP contribution < -0.4 is 4.74 Å². The Morgan fingerprint density at radius 3 is 2.53 bits per heavy atom. The molecule has 0 saturated carbocycles. The second-order valence-electron chi connectivity index (χ2n) is 3.84. The molecule has 2 rings (SSSR count). The van der Waals surface area contributed by atoms with Gasteiger partial charge in [-0.2, -0.15) is 0 Å². The highest BCUT2D eigenvalue weighted by Gasteiger charge is 2.13. The van der Waals surface area contributed by atoms with Crippen molar-refractivity contribution >= 4 is 5.97 Å². The number of pyridine rings is 1. The van der Waals surface area contributed by atoms with Crippen LogP contribution in [-0.4, -0.2) is 24.7 Å². The first kappa shape index (κ1) is 13.1. The van der Waals surface area contributed by atoms with Crippen LogP contribution in [0.2, 0.25) is 0 Å². The van der Waals surface area contributed by atoms with E-state index in [-0.39, 0.29) is 5.69 Å². The Hall–Kier alpha value is -2.36. The quantitative estimate of drug-likeness (QED) is 0.790. The number of ether oxygens (including phenoxy) is 2. The van der Waals surface area contributed by atoms with E-state index in [2.05, 4.69) is 9.72 Å². The molecule has 98 valence electrons. The maximum absolute atomic E-state index is 11.5. The third-order valence-corrected chi connectivity index (χ3v) is 2.62. The summed E-state index contributed by atoms with van der Waals surface area (Å²) in [6.07, 6.45) is 0. The van der Waals surface area contributed by atoms with Gasteiger partial charge in [0.15, 0.2) is 5.69 Å². The number of carbonyl (C=O) groups excluding carboxylic acids is 1. The Labute approximate surface area is 112 Å². The fourth-order valence-electron chi connectivity index (χ4n) is 1.74. The minimum Gasteiger partial charge on any atom is -0.478 e. The molecule has 0 aliphatic heterocycles. The highest BCUT2D eigenvalue weighted by molar-refractivity contribution is 5.88. The molecule has 4 heteroatoms. The van der Waals surface area contributed by atoms with E-state index in [1.807, 2.05) is 43.3 Å². The van der Waals surface area contributed by atoms with E-state index < -0.39 is 5.97 Å². The normalized spacial score (nSPS) is 10.0. The van der Waals surface area contributed by atoms with Crippen LogP contribution in [0, 0.1) is 0 Å². The number of esters is 1. The van der Waals surface area contributed by atoms with Crippen molar-refractivity contribution in [3.63, 3.8) is 0 Å². The summed E-state index contributed by atoms with van der Waals surface area (Å²) in [5.74, 6) is -0.0304. The Morgan fingerprint density at radius 1 is 1.16 bits per heavy atom. The molecule has 2 aromatic rings. The summed E-state index contributed by atoms with van der Waals surface area (Å²) in [4.78, 5) is 15.7. The smallest absolute Gasteiger partial charge is 0.356 e. The summed E-state index contributed by atoms with van der Waals surface area (Å²) < 4.78 is 10.2. The van der Waals surface area contributed by atoms with Crippen LogP contribution in [0.3, 0.4) is 0 Å². The zero-order valence-electron chi connectivity index (χ0n) is 10.9. The molecule has 0 radical (unpaired) electrons. The second kappa shape index (κ2) is 6.00. The molecule has 0 unspecified atom stereocenters. The predicted molar refractivity (Wildman–Crippen MR) is 72.2 cm³/mol. The van der Waals surface area contributed by atoms with Gasteiger partial charge in [-0.1, -0.05) is 30.3 Å². The number of methoxy groups -OCH3 is 1. The third kappa shape index (κ3) is 2.91. The van der Waals surface area contributed by atoms with E-state index in [1.165, 1.54) is 7.11 Å². The van der Waals surface area contributed by atoms with Crippen molar-refractivity contribution in [1.82, 2.24) is 4.98 Å². The van der Waals surface area contributed by atoms with E-state index in [1.54, 1.807) is 6.07 Å². The van der Waals surface area contributed by atoms with Crippen molar-refractivity contribution in [2.45, 2.75) is 6.92 Å². The van der Waals surface area contributed by atoms with Crippen LogP contribution in [-0.2, 0) is 4.74 Å². The molecular weight excluding hydrogens is 242 g/mol. The minimum atomic E-state index is -0.472. The number of hydrogen-bond donors (Lipinski definition) is 0. The van der Waals surface area contributed by atoms with Crippen molar-refractivity contribution in [2.24, 2.45) is 0 Å². The van der Waals surface area contributed by atoms with Gasteiger partial charge in [-0.25, -0.2) is 9.78 Å². The predicted octanol–water partition coefficient (Wildman–Crippen LogP) is 2.93.